The molecule has 0 aliphatic heterocycles. The van der Waals surface area contributed by atoms with Crippen molar-refractivity contribution in [3.8, 4) is 0 Å². The van der Waals surface area contributed by atoms with Crippen molar-refractivity contribution >= 4 is 0 Å². The average Bonchev–Trinajstić information content (AvgIpc) is 0. The average molecular weight is 268 g/mol. The van der Waals surface area contributed by atoms with Gasteiger partial charge in [-0.3, -0.25) is 0 Å². The van der Waals surface area contributed by atoms with E-state index in [1.165, 1.54) is 0 Å². The van der Waals surface area contributed by atoms with Crippen LogP contribution in [0.15, 0.2) is 0 Å². The van der Waals surface area contributed by atoms with Crippen molar-refractivity contribution in [3.63, 3.8) is 0 Å². The molecule has 0 aliphatic carbocycles. The Kier molecular flexibility index (Phi) is 814. The first-order valence-corrected chi connectivity index (χ1v) is 0. The fourth-order valence-electron chi connectivity index (χ4n) is 0. The van der Waals surface area contributed by atoms with Gasteiger partial charge in [0.25, 0.3) is 0 Å². The second kappa shape index (κ2) is 38.1. The van der Waals surface area contributed by atoms with Gasteiger partial charge in [0.2, 0.25) is 0 Å². The van der Waals surface area contributed by atoms with Crippen LogP contribution in [0.25, 0.3) is 0 Å². The van der Waals surface area contributed by atoms with Crippen molar-refractivity contribution in [1.82, 2.24) is 0 Å². The molecule has 4 heteroatoms. The number of hydrogen-bond donors (Lipinski definition) is 0. The Balaban J connectivity index is 0. The van der Waals surface area contributed by atoms with Crippen molar-refractivity contribution in [2.45, 2.75) is 0 Å². The Hall–Kier alpha value is 0.950. The summed E-state index contributed by atoms with van der Waals surface area (Å²) in [5.41, 5.74) is 0. The first-order valence-electron chi connectivity index (χ1n) is 0. The molecule has 0 rings (SSSR count). The summed E-state index contributed by atoms with van der Waals surface area (Å²) in [5, 5.41) is 0. The zero-order valence-electron chi connectivity index (χ0n) is 1.68. The Labute approximate surface area is 46.1 Å². The van der Waals surface area contributed by atoms with Gasteiger partial charge < -0.3 is 23.4 Å². The smallest absolute Gasteiger partial charge is 1.00 e. The minimum absolute atomic E-state index is 0. The van der Waals surface area contributed by atoms with Crippen LogP contribution < -0.4 is 12.4 Å². The Morgan fingerprint density at radius 1 is 0.750 bits per heavy atom. The van der Waals surface area contributed by atoms with Gasteiger partial charge >= 0.3 is 22.4 Å². The molecule has 0 radical (unpaired) electrons. The molecule has 0 aliphatic rings. The van der Waals surface area contributed by atoms with Crippen molar-refractivity contribution in [2.24, 2.45) is 0 Å². The van der Waals surface area contributed by atoms with Crippen molar-refractivity contribution in [1.29, 1.82) is 0 Å². The molecule has 0 aromatic carbocycles. The first-order chi connectivity index (χ1) is 0. The van der Waals surface area contributed by atoms with Gasteiger partial charge in [-0.25, -0.2) is 0 Å². The van der Waals surface area contributed by atoms with Crippen molar-refractivity contribution in [3.05, 3.63) is 0 Å². The Bertz CT molecular complexity index is 6.00. The third kappa shape index (κ3) is 12.4. The molecule has 0 atom stereocenters. The number of halogens is 1. The molecule has 0 unspecified atom stereocenters. The summed E-state index contributed by atoms with van der Waals surface area (Å²) in [4.78, 5) is 0. The molecular formula is H4AuClO2+2. The summed E-state index contributed by atoms with van der Waals surface area (Å²) in [5.74, 6) is 0. The second-order valence-electron chi connectivity index (χ2n) is 0. The molecule has 0 saturated heterocycles. The molecular weight excluding hydrogens is 264 g/mol. The molecule has 2 nitrogen and oxygen atoms in total. The van der Waals surface area contributed by atoms with Gasteiger partial charge in [0, 0.05) is 0 Å². The van der Waals surface area contributed by atoms with Gasteiger partial charge in [-0.2, -0.15) is 0 Å². The molecule has 0 saturated carbocycles. The molecule has 4 heavy (non-hydrogen) atoms. The van der Waals surface area contributed by atoms with E-state index in [9.17, 15) is 0 Å². The van der Waals surface area contributed by atoms with Crippen LogP contribution in [0.5, 0.6) is 0 Å². The van der Waals surface area contributed by atoms with E-state index in [-0.39, 0.29) is 45.7 Å². The van der Waals surface area contributed by atoms with E-state index in [4.69, 9.17) is 0 Å². The molecule has 0 heterocycles. The molecule has 0 spiro atoms. The van der Waals surface area contributed by atoms with Crippen molar-refractivity contribution < 1.29 is 45.7 Å². The van der Waals surface area contributed by atoms with Gasteiger partial charge in [0.05, 0.1) is 0 Å². The van der Waals surface area contributed by atoms with Gasteiger partial charge in [-0.05, 0) is 0 Å². The van der Waals surface area contributed by atoms with Crippen molar-refractivity contribution in [2.75, 3.05) is 0 Å². The van der Waals surface area contributed by atoms with Gasteiger partial charge in [-0.1, -0.05) is 0 Å². The molecule has 0 fully saturated rings. The normalized spacial score (nSPS) is 0. The van der Waals surface area contributed by atoms with Crippen LogP contribution in [-0.2, 0) is 22.4 Å². The van der Waals surface area contributed by atoms with Crippen LogP contribution in [0.1, 0.15) is 0 Å². The van der Waals surface area contributed by atoms with Gasteiger partial charge in [0.15, 0.2) is 0 Å². The van der Waals surface area contributed by atoms with E-state index >= 15 is 0 Å². The van der Waals surface area contributed by atoms with E-state index in [2.05, 4.69) is 0 Å². The number of hydrogen-bond acceptors (Lipinski definition) is 0. The summed E-state index contributed by atoms with van der Waals surface area (Å²) in [6.07, 6.45) is 0. The SMILES string of the molecule is O.O.[Au+3].[Cl-]. The zero-order valence-corrected chi connectivity index (χ0v) is 4.60. The Morgan fingerprint density at radius 3 is 0.750 bits per heavy atom. The molecule has 0 aromatic heterocycles. The predicted molar refractivity (Wildman–Crippen MR) is 7.23 cm³/mol. The monoisotopic (exact) mass is 268 g/mol. The van der Waals surface area contributed by atoms with Crippen LogP contribution in [-0.4, -0.2) is 11.0 Å². The third-order valence-corrected chi connectivity index (χ3v) is 0. The second-order valence-corrected chi connectivity index (χ2v) is 0. The minimum atomic E-state index is 0. The molecule has 4 N–H and O–H groups in total. The van der Waals surface area contributed by atoms with Crippen LogP contribution in [0.2, 0.25) is 0 Å². The zero-order chi connectivity index (χ0) is 0. The molecule has 0 aromatic rings. The topological polar surface area (TPSA) is 63.0 Å². The Morgan fingerprint density at radius 2 is 0.750 bits per heavy atom. The van der Waals surface area contributed by atoms with E-state index in [1.54, 1.807) is 0 Å². The summed E-state index contributed by atoms with van der Waals surface area (Å²) < 4.78 is 0. The maximum atomic E-state index is 0. The van der Waals surface area contributed by atoms with Crippen LogP contribution in [0.4, 0.5) is 0 Å². The van der Waals surface area contributed by atoms with E-state index < -0.39 is 0 Å². The minimum Gasteiger partial charge on any atom is -1.00 e. The largest absolute Gasteiger partial charge is 3.00 e. The van der Waals surface area contributed by atoms with Gasteiger partial charge in [-0.15, -0.1) is 0 Å². The van der Waals surface area contributed by atoms with Crippen LogP contribution in [0.3, 0.4) is 0 Å². The standard InChI is InChI=1S/Au.ClH.2H2O/h;1H;2*1H2/q+3;;;/p-1. The van der Waals surface area contributed by atoms with Gasteiger partial charge in [0.1, 0.15) is 0 Å². The number of rotatable bonds is 0. The maximum Gasteiger partial charge on any atom is 3.00 e. The fraction of sp³-hybridized carbons (Fsp3) is 0. The summed E-state index contributed by atoms with van der Waals surface area (Å²) in [7, 11) is 0. The van der Waals surface area contributed by atoms with Crippen LogP contribution in [0, 0.1) is 0 Å². The predicted octanol–water partition coefficient (Wildman–Crippen LogP) is -4.65. The van der Waals surface area contributed by atoms with Crippen LogP contribution >= 0.6 is 0 Å². The maximum absolute atomic E-state index is 0. The summed E-state index contributed by atoms with van der Waals surface area (Å²) >= 11 is 0. The summed E-state index contributed by atoms with van der Waals surface area (Å²) in [6, 6.07) is 0. The molecule has 32 valence electrons. The summed E-state index contributed by atoms with van der Waals surface area (Å²) in [6.45, 7) is 0. The van der Waals surface area contributed by atoms with E-state index in [1.807, 2.05) is 0 Å². The quantitative estimate of drug-likeness (QED) is 0.397. The third-order valence-electron chi connectivity index (χ3n) is 0. The first kappa shape index (κ1) is 85.5. The van der Waals surface area contributed by atoms with E-state index in [0.717, 1.165) is 0 Å². The molecule has 0 bridgehead atoms. The van der Waals surface area contributed by atoms with E-state index in [0.29, 0.717) is 0 Å². The fourth-order valence-corrected chi connectivity index (χ4v) is 0. The molecule has 0 amide bonds.